The zero-order valence-electron chi connectivity index (χ0n) is 17.5. The van der Waals surface area contributed by atoms with E-state index in [1.54, 1.807) is 7.05 Å². The van der Waals surface area contributed by atoms with E-state index in [1.165, 1.54) is 12.1 Å². The van der Waals surface area contributed by atoms with Gasteiger partial charge in [0.05, 0.1) is 12.7 Å². The van der Waals surface area contributed by atoms with Crippen LogP contribution in [0.1, 0.15) is 38.8 Å². The van der Waals surface area contributed by atoms with E-state index in [0.29, 0.717) is 18.4 Å². The lowest BCUT2D eigenvalue weighted by atomic mass is 9.94. The topological polar surface area (TPSA) is 65.7 Å². The number of halogens is 2. The van der Waals surface area contributed by atoms with Crippen LogP contribution in [0.3, 0.4) is 0 Å². The molecule has 0 spiro atoms. The molecule has 1 aromatic heterocycles. The van der Waals surface area contributed by atoms with Crippen LogP contribution in [0.2, 0.25) is 0 Å². The monoisotopic (exact) mass is 575 g/mol. The van der Waals surface area contributed by atoms with Crippen LogP contribution in [0.15, 0.2) is 44.3 Å². The Hall–Kier alpha value is -1.29. The fourth-order valence-corrected chi connectivity index (χ4v) is 3.65. The second-order valence-electron chi connectivity index (χ2n) is 8.26. The molecule has 1 atom stereocenters. The third-order valence-corrected chi connectivity index (χ3v) is 5.43. The summed E-state index contributed by atoms with van der Waals surface area (Å²) < 4.78 is 6.95. The molecule has 29 heavy (non-hydrogen) atoms. The van der Waals surface area contributed by atoms with Gasteiger partial charge in [-0.05, 0) is 30.5 Å². The second kappa shape index (κ2) is 10.7. The number of nitrogens with one attached hydrogen (secondary N) is 2. The van der Waals surface area contributed by atoms with Crippen molar-refractivity contribution in [2.75, 3.05) is 31.6 Å². The molecule has 0 bridgehead atoms. The molecule has 0 saturated carbocycles. The SMILES string of the molecule is CN=C(NCc1ncc(C(C)(C)C)o1)NCC1CCN(c2cccc(Br)c2)C1.I. The molecule has 160 valence electrons. The molecule has 3 rings (SSSR count). The Morgan fingerprint density at radius 3 is 2.79 bits per heavy atom. The number of aromatic nitrogens is 1. The first-order chi connectivity index (χ1) is 13.3. The van der Waals surface area contributed by atoms with Gasteiger partial charge in [-0.2, -0.15) is 0 Å². The van der Waals surface area contributed by atoms with Gasteiger partial charge in [0.2, 0.25) is 5.89 Å². The summed E-state index contributed by atoms with van der Waals surface area (Å²) in [5.41, 5.74) is 1.24. The Kier molecular flexibility index (Phi) is 8.81. The van der Waals surface area contributed by atoms with Crippen molar-refractivity contribution in [1.29, 1.82) is 0 Å². The van der Waals surface area contributed by atoms with E-state index in [0.717, 1.165) is 35.8 Å². The number of rotatable bonds is 5. The molecule has 2 heterocycles. The predicted octanol–water partition coefficient (Wildman–Crippen LogP) is 4.54. The van der Waals surface area contributed by atoms with Crippen LogP contribution in [0, 0.1) is 5.92 Å². The molecular weight excluding hydrogens is 545 g/mol. The van der Waals surface area contributed by atoms with Gasteiger partial charge in [0.1, 0.15) is 5.76 Å². The third-order valence-electron chi connectivity index (χ3n) is 4.94. The Morgan fingerprint density at radius 2 is 2.14 bits per heavy atom. The van der Waals surface area contributed by atoms with Crippen molar-refractivity contribution < 1.29 is 4.42 Å². The highest BCUT2D eigenvalue weighted by molar-refractivity contribution is 14.0. The molecular formula is C21H31BrIN5O. The number of benzene rings is 1. The molecule has 2 N–H and O–H groups in total. The summed E-state index contributed by atoms with van der Waals surface area (Å²) in [5, 5.41) is 6.72. The van der Waals surface area contributed by atoms with Gasteiger partial charge in [-0.1, -0.05) is 42.8 Å². The van der Waals surface area contributed by atoms with Gasteiger partial charge in [-0.3, -0.25) is 4.99 Å². The molecule has 0 radical (unpaired) electrons. The van der Waals surface area contributed by atoms with Crippen molar-refractivity contribution in [2.24, 2.45) is 10.9 Å². The molecule has 0 amide bonds. The second-order valence-corrected chi connectivity index (χ2v) is 9.17. The third kappa shape index (κ3) is 6.87. The lowest BCUT2D eigenvalue weighted by Crippen LogP contribution is -2.40. The summed E-state index contributed by atoms with van der Waals surface area (Å²) in [6.45, 7) is 9.89. The van der Waals surface area contributed by atoms with Gasteiger partial charge in [0.25, 0.3) is 0 Å². The maximum Gasteiger partial charge on any atom is 0.213 e. The van der Waals surface area contributed by atoms with Crippen LogP contribution >= 0.6 is 39.9 Å². The molecule has 8 heteroatoms. The maximum absolute atomic E-state index is 5.83. The first-order valence-corrected chi connectivity index (χ1v) is 10.5. The number of oxazole rings is 1. The maximum atomic E-state index is 5.83. The van der Waals surface area contributed by atoms with Crippen LogP contribution in [-0.4, -0.2) is 37.6 Å². The minimum absolute atomic E-state index is 0. The Morgan fingerprint density at radius 1 is 1.34 bits per heavy atom. The first kappa shape index (κ1) is 24.0. The Bertz CT molecular complexity index is 817. The van der Waals surface area contributed by atoms with E-state index in [1.807, 2.05) is 6.20 Å². The molecule has 1 fully saturated rings. The van der Waals surface area contributed by atoms with Crippen molar-refractivity contribution in [3.05, 3.63) is 46.6 Å². The van der Waals surface area contributed by atoms with Crippen molar-refractivity contribution in [2.45, 2.75) is 39.2 Å². The van der Waals surface area contributed by atoms with Crippen LogP contribution in [0.4, 0.5) is 5.69 Å². The molecule has 1 aliphatic rings. The highest BCUT2D eigenvalue weighted by Gasteiger charge is 2.23. The van der Waals surface area contributed by atoms with Gasteiger partial charge in [0.15, 0.2) is 5.96 Å². The summed E-state index contributed by atoms with van der Waals surface area (Å²) >= 11 is 3.56. The van der Waals surface area contributed by atoms with Crippen molar-refractivity contribution in [3.63, 3.8) is 0 Å². The number of hydrogen-bond acceptors (Lipinski definition) is 4. The molecule has 1 saturated heterocycles. The Balaban J connectivity index is 0.00000300. The standard InChI is InChI=1S/C21H30BrN5O.HI/c1-21(2,3)18-12-24-19(28-18)13-26-20(23-4)25-11-15-8-9-27(14-15)17-7-5-6-16(22)10-17;/h5-7,10,12,15H,8-9,11,13-14H2,1-4H3,(H2,23,25,26);1H. The molecule has 1 aromatic carbocycles. The average molecular weight is 576 g/mol. The quantitative estimate of drug-likeness (QED) is 0.311. The number of aliphatic imine (C=N–C) groups is 1. The molecule has 1 aliphatic heterocycles. The molecule has 6 nitrogen and oxygen atoms in total. The number of hydrogen-bond donors (Lipinski definition) is 2. The minimum atomic E-state index is -0.0339. The summed E-state index contributed by atoms with van der Waals surface area (Å²) in [4.78, 5) is 11.1. The van der Waals surface area contributed by atoms with Crippen molar-refractivity contribution in [3.8, 4) is 0 Å². The lowest BCUT2D eigenvalue weighted by molar-refractivity contribution is 0.379. The van der Waals surface area contributed by atoms with E-state index in [-0.39, 0.29) is 29.4 Å². The average Bonchev–Trinajstić information content (AvgIpc) is 3.31. The van der Waals surface area contributed by atoms with Crippen LogP contribution in [0.25, 0.3) is 0 Å². The molecule has 2 aromatic rings. The predicted molar refractivity (Wildman–Crippen MR) is 133 cm³/mol. The normalized spacial score (nSPS) is 17.2. The van der Waals surface area contributed by atoms with Gasteiger partial charge in [-0.15, -0.1) is 24.0 Å². The number of anilines is 1. The number of guanidine groups is 1. The first-order valence-electron chi connectivity index (χ1n) is 9.75. The fraction of sp³-hybridized carbons (Fsp3) is 0.524. The van der Waals surface area contributed by atoms with Crippen LogP contribution < -0.4 is 15.5 Å². The van der Waals surface area contributed by atoms with E-state index >= 15 is 0 Å². The van der Waals surface area contributed by atoms with Crippen molar-refractivity contribution in [1.82, 2.24) is 15.6 Å². The van der Waals surface area contributed by atoms with Gasteiger partial charge < -0.3 is 20.0 Å². The lowest BCUT2D eigenvalue weighted by Gasteiger charge is -2.19. The van der Waals surface area contributed by atoms with Gasteiger partial charge in [-0.25, -0.2) is 4.98 Å². The summed E-state index contributed by atoms with van der Waals surface area (Å²) in [6, 6.07) is 8.50. The zero-order valence-corrected chi connectivity index (χ0v) is 21.5. The zero-order chi connectivity index (χ0) is 20.1. The number of nitrogens with zero attached hydrogens (tertiary/aromatic N) is 3. The highest BCUT2D eigenvalue weighted by Crippen LogP contribution is 2.26. The van der Waals surface area contributed by atoms with E-state index in [4.69, 9.17) is 4.42 Å². The Labute approximate surface area is 199 Å². The summed E-state index contributed by atoms with van der Waals surface area (Å²) in [6.07, 6.45) is 2.98. The van der Waals surface area contributed by atoms with Gasteiger partial charge >= 0.3 is 0 Å². The summed E-state index contributed by atoms with van der Waals surface area (Å²) in [7, 11) is 1.79. The largest absolute Gasteiger partial charge is 0.443 e. The van der Waals surface area contributed by atoms with Crippen LogP contribution in [0.5, 0.6) is 0 Å². The van der Waals surface area contributed by atoms with E-state index in [9.17, 15) is 0 Å². The molecule has 1 unspecified atom stereocenters. The van der Waals surface area contributed by atoms with Crippen LogP contribution in [-0.2, 0) is 12.0 Å². The van der Waals surface area contributed by atoms with Gasteiger partial charge in [0, 0.05) is 42.3 Å². The fourth-order valence-electron chi connectivity index (χ4n) is 3.27. The molecule has 0 aliphatic carbocycles. The smallest absolute Gasteiger partial charge is 0.213 e. The highest BCUT2D eigenvalue weighted by atomic mass is 127. The summed E-state index contributed by atoms with van der Waals surface area (Å²) in [5.74, 6) is 2.93. The minimum Gasteiger partial charge on any atom is -0.443 e. The van der Waals surface area contributed by atoms with E-state index in [2.05, 4.69) is 86.5 Å². The van der Waals surface area contributed by atoms with Crippen molar-refractivity contribution >= 4 is 51.6 Å². The van der Waals surface area contributed by atoms with E-state index < -0.39 is 0 Å².